The minimum absolute atomic E-state index is 0.0448. The molecule has 3 amide bonds. The molecule has 1 unspecified atom stereocenters. The quantitative estimate of drug-likeness (QED) is 0.611. The Balaban J connectivity index is 1.49. The maximum Gasteiger partial charge on any atom is 0.257 e. The summed E-state index contributed by atoms with van der Waals surface area (Å²) in [5.41, 5.74) is 1.49. The van der Waals surface area contributed by atoms with E-state index in [1.54, 1.807) is 15.9 Å². The van der Waals surface area contributed by atoms with Crippen LogP contribution >= 0.6 is 0 Å². The average Bonchev–Trinajstić information content (AvgIpc) is 3.12. The third-order valence-electron chi connectivity index (χ3n) is 6.62. The van der Waals surface area contributed by atoms with E-state index in [-0.39, 0.29) is 17.7 Å². The number of fused-ring (bicyclic) bond motifs is 3. The predicted octanol–water partition coefficient (Wildman–Crippen LogP) is 4.60. The Morgan fingerprint density at radius 2 is 1.75 bits per heavy atom. The summed E-state index contributed by atoms with van der Waals surface area (Å²) in [4.78, 5) is 44.5. The first kappa shape index (κ1) is 22.1. The van der Waals surface area contributed by atoms with Crippen molar-refractivity contribution in [3.63, 3.8) is 0 Å². The van der Waals surface area contributed by atoms with E-state index in [4.69, 9.17) is 0 Å². The Kier molecular flexibility index (Phi) is 6.31. The molecule has 1 saturated heterocycles. The van der Waals surface area contributed by atoms with Gasteiger partial charge in [-0.2, -0.15) is 0 Å². The number of para-hydroxylation sites is 2. The molecule has 2 aliphatic heterocycles. The molecule has 1 fully saturated rings. The molecule has 2 heterocycles. The summed E-state index contributed by atoms with van der Waals surface area (Å²) in [6.45, 7) is 5.21. The molecule has 168 valence electrons. The van der Waals surface area contributed by atoms with Gasteiger partial charge in [0.1, 0.15) is 5.66 Å². The number of benzene rings is 2. The summed E-state index contributed by atoms with van der Waals surface area (Å²) in [7, 11) is 0. The average molecular weight is 434 g/mol. The van der Waals surface area contributed by atoms with Crippen molar-refractivity contribution in [3.8, 4) is 0 Å². The molecule has 2 aliphatic rings. The van der Waals surface area contributed by atoms with Gasteiger partial charge in [0.05, 0.1) is 11.3 Å². The van der Waals surface area contributed by atoms with Gasteiger partial charge in [-0.1, -0.05) is 43.7 Å². The zero-order valence-corrected chi connectivity index (χ0v) is 18.9. The van der Waals surface area contributed by atoms with Gasteiger partial charge in [-0.3, -0.25) is 19.3 Å². The van der Waals surface area contributed by atoms with Crippen molar-refractivity contribution in [3.05, 3.63) is 60.2 Å². The van der Waals surface area contributed by atoms with Crippen molar-refractivity contribution in [2.24, 2.45) is 0 Å². The van der Waals surface area contributed by atoms with Gasteiger partial charge in [-0.05, 0) is 50.5 Å². The fraction of sp³-hybridized carbons (Fsp3) is 0.423. The van der Waals surface area contributed by atoms with E-state index in [1.807, 2.05) is 60.4 Å². The smallest absolute Gasteiger partial charge is 0.257 e. The maximum atomic E-state index is 13.3. The van der Waals surface area contributed by atoms with Crippen LogP contribution in [-0.2, 0) is 9.59 Å². The van der Waals surface area contributed by atoms with E-state index in [0.717, 1.165) is 18.5 Å². The number of anilines is 2. The predicted molar refractivity (Wildman–Crippen MR) is 126 cm³/mol. The Labute approximate surface area is 189 Å². The molecule has 0 aliphatic carbocycles. The Bertz CT molecular complexity index is 1010. The van der Waals surface area contributed by atoms with Gasteiger partial charge in [0.15, 0.2) is 0 Å². The first-order chi connectivity index (χ1) is 15.5. The van der Waals surface area contributed by atoms with Gasteiger partial charge in [0.25, 0.3) is 5.91 Å². The summed E-state index contributed by atoms with van der Waals surface area (Å²) in [5, 5.41) is 0. The van der Waals surface area contributed by atoms with Crippen LogP contribution in [0.25, 0.3) is 0 Å². The Morgan fingerprint density at radius 1 is 1.03 bits per heavy atom. The van der Waals surface area contributed by atoms with Crippen molar-refractivity contribution in [1.29, 1.82) is 0 Å². The van der Waals surface area contributed by atoms with Crippen LogP contribution in [-0.4, -0.2) is 41.4 Å². The third kappa shape index (κ3) is 3.90. The minimum Gasteiger partial charge on any atom is -0.315 e. The lowest BCUT2D eigenvalue weighted by atomic mass is 9.98. The Morgan fingerprint density at radius 3 is 2.50 bits per heavy atom. The van der Waals surface area contributed by atoms with Crippen LogP contribution in [0.2, 0.25) is 0 Å². The van der Waals surface area contributed by atoms with Gasteiger partial charge >= 0.3 is 0 Å². The monoisotopic (exact) mass is 433 g/mol. The second-order valence-corrected chi connectivity index (χ2v) is 8.76. The van der Waals surface area contributed by atoms with Crippen LogP contribution in [0, 0.1) is 0 Å². The van der Waals surface area contributed by atoms with Crippen LogP contribution < -0.4 is 9.80 Å². The fourth-order valence-corrected chi connectivity index (χ4v) is 4.89. The summed E-state index contributed by atoms with van der Waals surface area (Å²) in [6, 6.07) is 17.1. The molecule has 0 spiro atoms. The second kappa shape index (κ2) is 9.15. The third-order valence-corrected chi connectivity index (χ3v) is 6.62. The van der Waals surface area contributed by atoms with Gasteiger partial charge in [0.2, 0.25) is 11.8 Å². The highest BCUT2D eigenvalue weighted by Crippen LogP contribution is 2.44. The van der Waals surface area contributed by atoms with E-state index in [2.05, 4.69) is 6.92 Å². The van der Waals surface area contributed by atoms with Gasteiger partial charge in [0, 0.05) is 31.6 Å². The normalized spacial score (nSPS) is 19.7. The number of unbranched alkanes of at least 4 members (excludes halogenated alkanes) is 1. The number of carbonyl (C=O) groups excluding carboxylic acids is 3. The first-order valence-electron chi connectivity index (χ1n) is 11.6. The maximum absolute atomic E-state index is 13.3. The van der Waals surface area contributed by atoms with Crippen LogP contribution in [0.15, 0.2) is 54.6 Å². The van der Waals surface area contributed by atoms with Crippen LogP contribution in [0.4, 0.5) is 11.4 Å². The molecule has 0 N–H and O–H groups in total. The van der Waals surface area contributed by atoms with E-state index >= 15 is 0 Å². The SMILES string of the molecule is CCCCN(C(=O)CCCN1C(=O)c2ccccc2N2C(=O)CCC12C)c1ccccc1. The Hall–Kier alpha value is -3.15. The van der Waals surface area contributed by atoms with Crippen LogP contribution in [0.3, 0.4) is 0 Å². The van der Waals surface area contributed by atoms with E-state index in [0.29, 0.717) is 50.0 Å². The highest BCUT2D eigenvalue weighted by Gasteiger charge is 2.52. The minimum atomic E-state index is -0.674. The summed E-state index contributed by atoms with van der Waals surface area (Å²) < 4.78 is 0. The highest BCUT2D eigenvalue weighted by molar-refractivity contribution is 6.10. The largest absolute Gasteiger partial charge is 0.315 e. The molecule has 0 radical (unpaired) electrons. The number of nitrogens with zero attached hydrogens (tertiary/aromatic N) is 3. The fourth-order valence-electron chi connectivity index (χ4n) is 4.89. The lowest BCUT2D eigenvalue weighted by Gasteiger charge is -2.48. The molecule has 1 atom stereocenters. The molecule has 0 aromatic heterocycles. The molecule has 2 aromatic carbocycles. The molecular weight excluding hydrogens is 402 g/mol. The lowest BCUT2D eigenvalue weighted by Crippen LogP contribution is -2.62. The van der Waals surface area contributed by atoms with Gasteiger partial charge in [-0.15, -0.1) is 0 Å². The molecule has 2 aromatic rings. The second-order valence-electron chi connectivity index (χ2n) is 8.76. The number of hydrogen-bond donors (Lipinski definition) is 0. The summed E-state index contributed by atoms with van der Waals surface area (Å²) in [5.74, 6) is 0.0507. The highest BCUT2D eigenvalue weighted by atomic mass is 16.2. The summed E-state index contributed by atoms with van der Waals surface area (Å²) >= 11 is 0. The molecule has 0 saturated carbocycles. The molecule has 6 nitrogen and oxygen atoms in total. The number of carbonyl (C=O) groups is 3. The van der Waals surface area contributed by atoms with E-state index in [1.165, 1.54) is 0 Å². The van der Waals surface area contributed by atoms with E-state index in [9.17, 15) is 14.4 Å². The van der Waals surface area contributed by atoms with Crippen LogP contribution in [0.1, 0.15) is 62.7 Å². The van der Waals surface area contributed by atoms with Gasteiger partial charge < -0.3 is 9.80 Å². The molecule has 0 bridgehead atoms. The molecule has 4 rings (SSSR count). The van der Waals surface area contributed by atoms with Crippen molar-refractivity contribution in [1.82, 2.24) is 4.90 Å². The topological polar surface area (TPSA) is 60.9 Å². The first-order valence-corrected chi connectivity index (χ1v) is 11.6. The van der Waals surface area contributed by atoms with Crippen LogP contribution in [0.5, 0.6) is 0 Å². The lowest BCUT2D eigenvalue weighted by molar-refractivity contribution is -0.119. The van der Waals surface area contributed by atoms with Gasteiger partial charge in [-0.25, -0.2) is 0 Å². The molecule has 32 heavy (non-hydrogen) atoms. The van der Waals surface area contributed by atoms with Crippen molar-refractivity contribution >= 4 is 29.1 Å². The van der Waals surface area contributed by atoms with Crippen molar-refractivity contribution < 1.29 is 14.4 Å². The molecule has 6 heteroatoms. The standard InChI is InChI=1S/C26H31N3O3/c1-3-4-18-27(20-11-6-5-7-12-20)23(30)15-10-19-28-25(32)21-13-8-9-14-22(21)29-24(31)16-17-26(28,29)2/h5-9,11-14H,3-4,10,15-19H2,1-2H3. The van der Waals surface area contributed by atoms with Crippen molar-refractivity contribution in [2.45, 2.75) is 58.0 Å². The molecular formula is C26H31N3O3. The van der Waals surface area contributed by atoms with E-state index < -0.39 is 5.66 Å². The number of hydrogen-bond acceptors (Lipinski definition) is 3. The van der Waals surface area contributed by atoms with Crippen molar-refractivity contribution in [2.75, 3.05) is 22.9 Å². The number of rotatable bonds is 8. The summed E-state index contributed by atoms with van der Waals surface area (Å²) in [6.07, 6.45) is 3.89. The zero-order valence-electron chi connectivity index (χ0n) is 18.9. The zero-order chi connectivity index (χ0) is 22.7. The number of amides is 3.